The summed E-state index contributed by atoms with van der Waals surface area (Å²) in [5.74, 6) is -0.317. The van der Waals surface area contributed by atoms with Gasteiger partial charge in [-0.15, -0.1) is 0 Å². The van der Waals surface area contributed by atoms with E-state index in [-0.39, 0.29) is 77.7 Å². The van der Waals surface area contributed by atoms with E-state index in [0.29, 0.717) is 45.1 Å². The van der Waals surface area contributed by atoms with Crippen molar-refractivity contribution in [3.63, 3.8) is 0 Å². The van der Waals surface area contributed by atoms with E-state index in [0.717, 1.165) is 20.1 Å². The van der Waals surface area contributed by atoms with E-state index in [1.807, 2.05) is 12.1 Å². The Hall–Kier alpha value is -3.62. The first-order valence-electron chi connectivity index (χ1n) is 17.3. The van der Waals surface area contributed by atoms with Crippen molar-refractivity contribution in [1.82, 2.24) is 15.0 Å². The van der Waals surface area contributed by atoms with Gasteiger partial charge in [-0.3, -0.25) is 35.5 Å². The number of nitrogens with zero attached hydrogens (tertiary/aromatic N) is 3. The standard InChI is InChI=1S/C15H13NO.C11H7Br2NO.C11H11N3O.3C2H5.3CH4N.3Ir/c1-3-11-8-12(4-2)10-13(9-11)15(17)14-6-5-7-16-14;2*12-8-4-7(5-9(13)6-8)11(15)10-2-1-3-14-10;6*1-2;;;/h3-10H,1-2H2,(H,16,17);1-6H,(H,14,15);1-6H,12-13H2,(H,14,15);3*1H2,2H3;3*1-2H2;;;/q;;;6*-1;3*+3/p-3. The molecule has 0 fully saturated rings. The summed E-state index contributed by atoms with van der Waals surface area (Å²) >= 11 is 6.68. The van der Waals surface area contributed by atoms with Crippen molar-refractivity contribution in [2.75, 3.05) is 11.5 Å². The molecule has 0 unspecified atom stereocenters. The summed E-state index contributed by atoms with van der Waals surface area (Å²) < 4.78 is 1.73. The molecule has 0 amide bonds. The number of rotatable bonds is 8. The maximum atomic E-state index is 12.1. The van der Waals surface area contributed by atoms with E-state index in [1.165, 1.54) is 0 Å². The SMILES string of the molecule is C=Cc1cc(C=C)cc(C(=O)c2ccc[n-]2)c1.Nc1cc(N)cc(C(=O)c2ccc[n-]2)c1.O=C(c1cc(Br)cc(Br)c1)c1ccc[n-]1.[CH2-]C.[CH2-]C.[CH2-]C.[CH2-]N.[CH2-]N.[CH2-]N.[Ir+3].[Ir+3].[Ir+3]. The molecule has 0 aliphatic carbocycles. The normalized spacial score (nSPS) is 8.23. The number of benzene rings is 3. The summed E-state index contributed by atoms with van der Waals surface area (Å²) in [6, 6.07) is 26.0. The minimum absolute atomic E-state index is 0. The first kappa shape index (κ1) is 70.1. The van der Waals surface area contributed by atoms with Crippen LogP contribution in [0.1, 0.15) is 80.1 Å². The average Bonchev–Trinajstić information content (AvgIpc) is 4.13. The average molecular weight is 1500 g/mol. The molecule has 0 bridgehead atoms. The first-order valence-corrected chi connectivity index (χ1v) is 18.9. The Balaban J connectivity index is -0.000000165. The van der Waals surface area contributed by atoms with Crippen LogP contribution in [-0.2, 0) is 60.3 Å². The van der Waals surface area contributed by atoms with Gasteiger partial charge in [0.1, 0.15) is 0 Å². The maximum Gasteiger partial charge on any atom is 3.00 e. The predicted octanol–water partition coefficient (Wildman–Crippen LogP) is 9.32. The van der Waals surface area contributed by atoms with Crippen LogP contribution >= 0.6 is 31.9 Å². The van der Waals surface area contributed by atoms with Crippen LogP contribution in [0.4, 0.5) is 11.4 Å². The molecule has 338 valence electrons. The second-order valence-electron chi connectivity index (χ2n) is 9.90. The van der Waals surface area contributed by atoms with E-state index in [1.54, 1.807) is 130 Å². The smallest absolute Gasteiger partial charge is 0.661 e. The first-order chi connectivity index (χ1) is 28.6. The zero-order valence-corrected chi connectivity index (χ0v) is 45.3. The molecule has 11 nitrogen and oxygen atoms in total. The van der Waals surface area contributed by atoms with Crippen molar-refractivity contribution < 1.29 is 74.7 Å². The van der Waals surface area contributed by atoms with Crippen LogP contribution in [0, 0.1) is 41.9 Å². The molecule has 0 saturated carbocycles. The summed E-state index contributed by atoms with van der Waals surface area (Å²) in [7, 11) is 8.25. The number of hydrogen-bond acceptors (Lipinski definition) is 8. The maximum absolute atomic E-state index is 12.1. The van der Waals surface area contributed by atoms with Crippen molar-refractivity contribution in [3.8, 4) is 0 Å². The Morgan fingerprint density at radius 2 is 0.758 bits per heavy atom. The van der Waals surface area contributed by atoms with Gasteiger partial charge in [0.25, 0.3) is 0 Å². The number of ketones is 3. The van der Waals surface area contributed by atoms with Gasteiger partial charge >= 0.3 is 60.3 Å². The number of hydrogen-bond donors (Lipinski definition) is 5. The van der Waals surface area contributed by atoms with E-state index in [4.69, 9.17) is 11.5 Å². The van der Waals surface area contributed by atoms with E-state index in [9.17, 15) is 14.4 Å². The molecule has 0 radical (unpaired) electrons. The Morgan fingerprint density at radius 1 is 0.484 bits per heavy atom. The van der Waals surface area contributed by atoms with Crippen LogP contribution in [0.15, 0.2) is 132 Å². The van der Waals surface area contributed by atoms with Crippen molar-refractivity contribution >= 4 is 72.7 Å². The molecule has 3 aromatic heterocycles. The van der Waals surface area contributed by atoms with Gasteiger partial charge in [-0.1, -0.05) is 111 Å². The topological polar surface area (TPSA) is 224 Å². The zero-order valence-electron chi connectivity index (χ0n) is 34.9. The number of carbonyl (C=O) groups is 3. The summed E-state index contributed by atoms with van der Waals surface area (Å²) in [5, 5.41) is 0. The van der Waals surface area contributed by atoms with Gasteiger partial charge in [0.15, 0.2) is 17.3 Å². The van der Waals surface area contributed by atoms with Gasteiger partial charge in [-0.2, -0.15) is 39.4 Å². The fourth-order valence-electron chi connectivity index (χ4n) is 4.28. The van der Waals surface area contributed by atoms with Gasteiger partial charge in [-0.05, 0) is 65.7 Å². The minimum atomic E-state index is -0.168. The Labute approximate surface area is 426 Å². The van der Waals surface area contributed by atoms with Gasteiger partial charge < -0.3 is 64.4 Å². The largest absolute Gasteiger partial charge is 3.00 e. The van der Waals surface area contributed by atoms with Crippen molar-refractivity contribution in [1.29, 1.82) is 0 Å². The number of anilines is 2. The van der Waals surface area contributed by atoms with Gasteiger partial charge in [-0.25, -0.2) is 0 Å². The number of halogens is 2. The van der Waals surface area contributed by atoms with Crippen molar-refractivity contribution in [2.45, 2.75) is 20.8 Å². The summed E-state index contributed by atoms with van der Waals surface area (Å²) in [6.07, 6.45) is 8.21. The molecule has 0 spiro atoms. The van der Waals surface area contributed by atoms with E-state index in [2.05, 4.69) is 119 Å². The fraction of sp³-hybridized carbons (Fsp3) is 0.0652. The molecule has 0 aliphatic rings. The number of nitrogen functional groups attached to an aromatic ring is 2. The van der Waals surface area contributed by atoms with Crippen LogP contribution in [0.25, 0.3) is 12.2 Å². The molecule has 3 aromatic carbocycles. The summed E-state index contributed by atoms with van der Waals surface area (Å²) in [5.41, 5.74) is 29.7. The van der Waals surface area contributed by atoms with Gasteiger partial charge in [0.2, 0.25) is 0 Å². The minimum Gasteiger partial charge on any atom is -0.661 e. The quantitative estimate of drug-likeness (QED) is 0.0549. The van der Waals surface area contributed by atoms with Crippen LogP contribution in [0.2, 0.25) is 0 Å². The monoisotopic (exact) mass is 1500 g/mol. The third-order valence-corrected chi connectivity index (χ3v) is 7.35. The molecular weight excluding hydrogens is 1450 g/mol. The molecule has 16 heteroatoms. The summed E-state index contributed by atoms with van der Waals surface area (Å²) in [4.78, 5) is 47.8. The van der Waals surface area contributed by atoms with E-state index >= 15 is 0 Å². The fourth-order valence-corrected chi connectivity index (χ4v) is 5.58. The number of nitrogens with two attached hydrogens (primary N) is 5. The second kappa shape index (κ2) is 44.0. The Bertz CT molecular complexity index is 1880. The van der Waals surface area contributed by atoms with Crippen molar-refractivity contribution in [3.05, 3.63) is 219 Å². The van der Waals surface area contributed by atoms with Crippen LogP contribution in [-0.4, -0.2) is 17.3 Å². The van der Waals surface area contributed by atoms with Gasteiger partial charge in [0, 0.05) is 37.0 Å². The van der Waals surface area contributed by atoms with Crippen LogP contribution < -0.4 is 43.6 Å². The summed E-state index contributed by atoms with van der Waals surface area (Å²) in [6.45, 7) is 22.4. The number of aromatic nitrogens is 3. The molecular formula is C46H55Br2Ir3N8O3. The van der Waals surface area contributed by atoms with Gasteiger partial charge in [0.05, 0.1) is 0 Å². The molecule has 62 heavy (non-hydrogen) atoms. The second-order valence-corrected chi connectivity index (χ2v) is 11.7. The molecule has 0 saturated heterocycles. The molecule has 3 heterocycles. The predicted molar refractivity (Wildman–Crippen MR) is 255 cm³/mol. The molecule has 0 aliphatic heterocycles. The van der Waals surface area contributed by atoms with Crippen molar-refractivity contribution in [2.24, 2.45) is 17.2 Å². The third kappa shape index (κ3) is 26.1. The molecule has 6 rings (SSSR count). The molecule has 10 N–H and O–H groups in total. The molecule has 0 atom stereocenters. The van der Waals surface area contributed by atoms with Crippen LogP contribution in [0.5, 0.6) is 0 Å². The zero-order chi connectivity index (χ0) is 45.9. The van der Waals surface area contributed by atoms with E-state index < -0.39 is 0 Å². The Kier molecular flexibility index (Phi) is 49.7. The number of carbonyl (C=O) groups excluding carboxylic acids is 3. The van der Waals surface area contributed by atoms with Crippen LogP contribution in [0.3, 0.4) is 0 Å². The Morgan fingerprint density at radius 3 is 1.02 bits per heavy atom. The third-order valence-electron chi connectivity index (χ3n) is 6.44. The molecule has 6 aromatic rings.